The van der Waals surface area contributed by atoms with Gasteiger partial charge in [0.25, 0.3) is 0 Å². The summed E-state index contributed by atoms with van der Waals surface area (Å²) < 4.78 is 4.62. The lowest BCUT2D eigenvalue weighted by Gasteiger charge is -2.38. The zero-order valence-electron chi connectivity index (χ0n) is 10.5. The summed E-state index contributed by atoms with van der Waals surface area (Å²) in [6, 6.07) is 1.72. The predicted octanol–water partition coefficient (Wildman–Crippen LogP) is -0.589. The number of rotatable bonds is 4. The third-order valence-electron chi connectivity index (χ3n) is 2.88. The number of nitrogens with zero attached hydrogens (tertiary/aromatic N) is 1. The number of amides is 1. The first kappa shape index (κ1) is 15.0. The number of hydrogen-bond donors (Lipinski definition) is 2. The maximum atomic E-state index is 12.0. The largest absolute Gasteiger partial charge is 0.467 e. The minimum Gasteiger partial charge on any atom is -0.467 e. The lowest BCUT2D eigenvalue weighted by atomic mass is 9.78. The maximum Gasteiger partial charge on any atom is 0.333 e. The molecule has 0 radical (unpaired) electrons. The quantitative estimate of drug-likeness (QED) is 0.524. The van der Waals surface area contributed by atoms with Crippen LogP contribution in [-0.2, 0) is 19.1 Å². The fourth-order valence-corrected chi connectivity index (χ4v) is 2.17. The number of ether oxygens (including phenoxy) is 1. The number of carbonyl (C=O) groups is 3. The van der Waals surface area contributed by atoms with Gasteiger partial charge in [0, 0.05) is 12.8 Å². The van der Waals surface area contributed by atoms with Crippen LogP contribution in [0, 0.1) is 17.2 Å². The summed E-state index contributed by atoms with van der Waals surface area (Å²) in [5.74, 6) is -3.25. The van der Waals surface area contributed by atoms with Crippen molar-refractivity contribution < 1.29 is 19.1 Å². The van der Waals surface area contributed by atoms with E-state index in [0.717, 1.165) is 7.11 Å². The van der Waals surface area contributed by atoms with Crippen molar-refractivity contribution in [2.45, 2.75) is 25.3 Å². The molecule has 0 saturated carbocycles. The molecule has 1 heterocycles. The van der Waals surface area contributed by atoms with Gasteiger partial charge in [0.2, 0.25) is 5.91 Å². The Labute approximate surface area is 115 Å². The van der Waals surface area contributed by atoms with E-state index in [9.17, 15) is 14.4 Å². The van der Waals surface area contributed by atoms with E-state index in [2.05, 4.69) is 15.4 Å². The molecule has 0 aliphatic carbocycles. The molecule has 1 amide bonds. The fourth-order valence-electron chi connectivity index (χ4n) is 1.89. The number of nitrogens with one attached hydrogen (secondary N) is 2. The molecular formula is C11H13N3O4S. The fraction of sp³-hybridized carbons (Fsp3) is 0.545. The van der Waals surface area contributed by atoms with Crippen LogP contribution in [0.15, 0.2) is 0 Å². The van der Waals surface area contributed by atoms with E-state index >= 15 is 0 Å². The normalized spacial score (nSPS) is 25.8. The molecule has 0 aromatic carbocycles. The lowest BCUT2D eigenvalue weighted by molar-refractivity contribution is -0.154. The van der Waals surface area contributed by atoms with Crippen LogP contribution in [0.5, 0.6) is 0 Å². The second kappa shape index (κ2) is 5.75. The molecule has 1 rings (SSSR count). The zero-order valence-corrected chi connectivity index (χ0v) is 11.3. The molecule has 0 aromatic rings. The van der Waals surface area contributed by atoms with Crippen molar-refractivity contribution in [1.29, 1.82) is 5.26 Å². The van der Waals surface area contributed by atoms with Crippen molar-refractivity contribution >= 4 is 35.0 Å². The number of nitriles is 1. The molecule has 1 aliphatic rings. The van der Waals surface area contributed by atoms with Crippen molar-refractivity contribution in [2.75, 3.05) is 7.11 Å². The van der Waals surface area contributed by atoms with Crippen LogP contribution in [0.1, 0.15) is 19.8 Å². The molecule has 8 heteroatoms. The summed E-state index contributed by atoms with van der Waals surface area (Å²) in [4.78, 5) is 35.4. The number of hydrogen-bond acceptors (Lipinski definition) is 6. The minimum absolute atomic E-state index is 0.106. The predicted molar refractivity (Wildman–Crippen MR) is 67.6 cm³/mol. The number of ketones is 1. The summed E-state index contributed by atoms with van der Waals surface area (Å²) in [5.41, 5.74) is -1.75. The van der Waals surface area contributed by atoms with Gasteiger partial charge in [0.1, 0.15) is 5.78 Å². The van der Waals surface area contributed by atoms with Gasteiger partial charge in [0.05, 0.1) is 13.2 Å². The molecule has 0 spiro atoms. The van der Waals surface area contributed by atoms with E-state index in [1.807, 2.05) is 0 Å². The van der Waals surface area contributed by atoms with Crippen LogP contribution in [0.2, 0.25) is 0 Å². The van der Waals surface area contributed by atoms with Crippen molar-refractivity contribution in [1.82, 2.24) is 10.6 Å². The molecule has 2 atom stereocenters. The topological polar surface area (TPSA) is 108 Å². The van der Waals surface area contributed by atoms with Crippen LogP contribution in [-0.4, -0.2) is 35.4 Å². The first-order chi connectivity index (χ1) is 8.91. The smallest absolute Gasteiger partial charge is 0.333 e. The standard InChI is InChI=1S/C11H13N3O4S/c1-3-6(15)4-11(9(17)18-2)7(5-12)8(16)13-10(19)14-11/h7H,3-4H2,1-2H3,(H2,13,14,16,19)/t7-,11+/m0/s1. The van der Waals surface area contributed by atoms with Gasteiger partial charge in [-0.2, -0.15) is 5.26 Å². The first-order valence-corrected chi connectivity index (χ1v) is 5.94. The van der Waals surface area contributed by atoms with Gasteiger partial charge < -0.3 is 15.4 Å². The second-order valence-corrected chi connectivity index (χ2v) is 4.45. The molecule has 0 bridgehead atoms. The van der Waals surface area contributed by atoms with Crippen molar-refractivity contribution in [3.05, 3.63) is 0 Å². The van der Waals surface area contributed by atoms with Gasteiger partial charge in [-0.25, -0.2) is 4.79 Å². The average molecular weight is 283 g/mol. The summed E-state index contributed by atoms with van der Waals surface area (Å²) in [5, 5.41) is 13.8. The van der Waals surface area contributed by atoms with Gasteiger partial charge in [0.15, 0.2) is 16.6 Å². The average Bonchev–Trinajstić information content (AvgIpc) is 2.36. The molecule has 2 N–H and O–H groups in total. The third-order valence-corrected chi connectivity index (χ3v) is 3.08. The summed E-state index contributed by atoms with van der Waals surface area (Å²) in [6.45, 7) is 1.62. The Kier molecular flexibility index (Phi) is 4.56. The highest BCUT2D eigenvalue weighted by atomic mass is 32.1. The van der Waals surface area contributed by atoms with Crippen LogP contribution in [0.4, 0.5) is 0 Å². The van der Waals surface area contributed by atoms with Gasteiger partial charge in [-0.1, -0.05) is 6.92 Å². The molecule has 7 nitrogen and oxygen atoms in total. The monoisotopic (exact) mass is 283 g/mol. The second-order valence-electron chi connectivity index (χ2n) is 4.04. The molecule has 1 saturated heterocycles. The first-order valence-electron chi connectivity index (χ1n) is 5.54. The highest BCUT2D eigenvalue weighted by Gasteiger charge is 2.55. The molecule has 0 unspecified atom stereocenters. The third kappa shape index (κ3) is 2.71. The Hall–Kier alpha value is -2.01. The molecule has 1 fully saturated rings. The van der Waals surface area contributed by atoms with Gasteiger partial charge in [-0.3, -0.25) is 9.59 Å². The number of thiocarbonyl (C=S) groups is 1. The number of carbonyl (C=O) groups excluding carboxylic acids is 3. The molecule has 1 aliphatic heterocycles. The summed E-state index contributed by atoms with van der Waals surface area (Å²) in [6.07, 6.45) is -0.158. The van der Waals surface area contributed by atoms with Gasteiger partial charge >= 0.3 is 5.97 Å². The zero-order chi connectivity index (χ0) is 14.6. The van der Waals surface area contributed by atoms with Gasteiger partial charge in [-0.15, -0.1) is 0 Å². The summed E-state index contributed by atoms with van der Waals surface area (Å²) in [7, 11) is 1.12. The maximum absolute atomic E-state index is 12.0. The van der Waals surface area contributed by atoms with Crippen LogP contribution < -0.4 is 10.6 Å². The van der Waals surface area contributed by atoms with E-state index < -0.39 is 23.3 Å². The van der Waals surface area contributed by atoms with E-state index in [-0.39, 0.29) is 23.7 Å². The Balaban J connectivity index is 3.29. The van der Waals surface area contributed by atoms with Crippen LogP contribution in [0.25, 0.3) is 0 Å². The Bertz CT molecular complexity index is 485. The van der Waals surface area contributed by atoms with E-state index in [0.29, 0.717) is 0 Å². The Morgan fingerprint density at radius 1 is 1.58 bits per heavy atom. The van der Waals surface area contributed by atoms with Crippen molar-refractivity contribution in [3.63, 3.8) is 0 Å². The van der Waals surface area contributed by atoms with Crippen LogP contribution in [0.3, 0.4) is 0 Å². The number of esters is 1. The molecule has 102 valence electrons. The highest BCUT2D eigenvalue weighted by Crippen LogP contribution is 2.27. The highest BCUT2D eigenvalue weighted by molar-refractivity contribution is 7.80. The van der Waals surface area contributed by atoms with Crippen LogP contribution >= 0.6 is 12.2 Å². The van der Waals surface area contributed by atoms with E-state index in [4.69, 9.17) is 17.5 Å². The van der Waals surface area contributed by atoms with E-state index in [1.54, 1.807) is 13.0 Å². The molecular weight excluding hydrogens is 270 g/mol. The molecule has 0 aromatic heterocycles. The Morgan fingerprint density at radius 3 is 2.68 bits per heavy atom. The lowest BCUT2D eigenvalue weighted by Crippen LogP contribution is -2.70. The van der Waals surface area contributed by atoms with Crippen molar-refractivity contribution in [2.24, 2.45) is 5.92 Å². The minimum atomic E-state index is -1.75. The Morgan fingerprint density at radius 2 is 2.21 bits per heavy atom. The molecule has 19 heavy (non-hydrogen) atoms. The van der Waals surface area contributed by atoms with Crippen molar-refractivity contribution in [3.8, 4) is 6.07 Å². The van der Waals surface area contributed by atoms with Gasteiger partial charge in [-0.05, 0) is 12.2 Å². The SMILES string of the molecule is CCC(=O)C[C@@]1(C(=O)OC)NC(=S)NC(=O)[C@@H]1C#N. The van der Waals surface area contributed by atoms with E-state index in [1.165, 1.54) is 0 Å². The summed E-state index contributed by atoms with van der Waals surface area (Å²) >= 11 is 4.82. The number of methoxy groups -OCH3 is 1. The number of Topliss-reactive ketones (excluding diaryl/α,β-unsaturated/α-hetero) is 1.